The summed E-state index contributed by atoms with van der Waals surface area (Å²) in [4.78, 5) is 29.5. The molecular weight excluding hydrogens is 500 g/mol. The lowest BCUT2D eigenvalue weighted by atomic mass is 9.94. The number of amides is 1. The molecule has 0 atom stereocenters. The first-order valence-electron chi connectivity index (χ1n) is 14.5. The Morgan fingerprint density at radius 2 is 1.70 bits per heavy atom. The highest BCUT2D eigenvalue weighted by molar-refractivity contribution is 5.94. The quantitative estimate of drug-likeness (QED) is 0.388. The summed E-state index contributed by atoms with van der Waals surface area (Å²) < 4.78 is 7.57. The van der Waals surface area contributed by atoms with Crippen LogP contribution in [-0.2, 0) is 24.0 Å². The van der Waals surface area contributed by atoms with Crippen LogP contribution >= 0.6 is 0 Å². The van der Waals surface area contributed by atoms with Crippen LogP contribution in [0.15, 0.2) is 54.9 Å². The predicted molar refractivity (Wildman–Crippen MR) is 157 cm³/mol. The van der Waals surface area contributed by atoms with Gasteiger partial charge in [0.2, 0.25) is 0 Å². The summed E-state index contributed by atoms with van der Waals surface area (Å²) in [7, 11) is 0. The Kier molecular flexibility index (Phi) is 6.73. The number of carbonyl (C=O) groups is 1. The number of fused-ring (bicyclic) bond motifs is 4. The van der Waals surface area contributed by atoms with Crippen molar-refractivity contribution in [2.75, 3.05) is 63.9 Å². The fourth-order valence-corrected chi connectivity index (χ4v) is 6.54. The molecule has 4 aromatic rings. The van der Waals surface area contributed by atoms with Gasteiger partial charge in [-0.25, -0.2) is 4.98 Å². The zero-order valence-corrected chi connectivity index (χ0v) is 23.2. The second kappa shape index (κ2) is 10.7. The van der Waals surface area contributed by atoms with Crippen LogP contribution in [0.1, 0.15) is 33.0 Å². The molecule has 2 aromatic heterocycles. The van der Waals surface area contributed by atoms with Crippen LogP contribution in [0.2, 0.25) is 0 Å². The Labute approximate surface area is 235 Å². The van der Waals surface area contributed by atoms with E-state index in [1.807, 2.05) is 18.2 Å². The highest BCUT2D eigenvalue weighted by Crippen LogP contribution is 2.31. The summed E-state index contributed by atoms with van der Waals surface area (Å²) in [6.07, 6.45) is 4.66. The van der Waals surface area contributed by atoms with Crippen molar-refractivity contribution in [1.29, 1.82) is 0 Å². The SMILES string of the molecule is Cc1ccc2c(N3CCN(CCc4cccc5c4CCc4c(C(=O)N6CCOCC6)ncn4-5)CC3)cccc2n1. The van der Waals surface area contributed by atoms with Crippen LogP contribution in [0.5, 0.6) is 0 Å². The molecule has 5 heterocycles. The third-order valence-corrected chi connectivity index (χ3v) is 8.75. The number of imidazole rings is 1. The monoisotopic (exact) mass is 536 g/mol. The van der Waals surface area contributed by atoms with Gasteiger partial charge >= 0.3 is 0 Å². The number of rotatable bonds is 5. The van der Waals surface area contributed by atoms with Crippen molar-refractivity contribution in [2.24, 2.45) is 0 Å². The minimum Gasteiger partial charge on any atom is -0.378 e. The summed E-state index contributed by atoms with van der Waals surface area (Å²) in [5.41, 5.74) is 9.06. The Morgan fingerprint density at radius 1 is 0.900 bits per heavy atom. The van der Waals surface area contributed by atoms with E-state index in [-0.39, 0.29) is 5.91 Å². The molecule has 40 heavy (non-hydrogen) atoms. The average Bonchev–Trinajstić information content (AvgIpc) is 3.45. The summed E-state index contributed by atoms with van der Waals surface area (Å²) in [5, 5.41) is 1.24. The minimum absolute atomic E-state index is 0.0330. The molecule has 7 rings (SSSR count). The van der Waals surface area contributed by atoms with Gasteiger partial charge in [0.15, 0.2) is 0 Å². The summed E-state index contributed by atoms with van der Waals surface area (Å²) >= 11 is 0. The Hall–Kier alpha value is -3.75. The smallest absolute Gasteiger partial charge is 0.274 e. The van der Waals surface area contributed by atoms with Crippen molar-refractivity contribution in [1.82, 2.24) is 24.3 Å². The molecule has 0 bridgehead atoms. The van der Waals surface area contributed by atoms with Crippen molar-refractivity contribution < 1.29 is 9.53 Å². The number of nitrogens with zero attached hydrogens (tertiary/aromatic N) is 6. The fraction of sp³-hybridized carbons (Fsp3) is 0.406. The van der Waals surface area contributed by atoms with Crippen LogP contribution in [0, 0.1) is 6.92 Å². The van der Waals surface area contributed by atoms with Crippen LogP contribution in [-0.4, -0.2) is 89.3 Å². The molecule has 0 N–H and O–H groups in total. The predicted octanol–water partition coefficient (Wildman–Crippen LogP) is 3.66. The molecule has 8 nitrogen and oxygen atoms in total. The molecule has 0 aliphatic carbocycles. The molecule has 0 saturated carbocycles. The van der Waals surface area contributed by atoms with E-state index in [1.54, 1.807) is 0 Å². The number of carbonyl (C=O) groups excluding carboxylic acids is 1. The van der Waals surface area contributed by atoms with Crippen molar-refractivity contribution in [3.63, 3.8) is 0 Å². The molecule has 2 fully saturated rings. The third kappa shape index (κ3) is 4.65. The standard InChI is InChI=1S/C32H36N6O2/c1-23-8-9-26-27(34-23)5-3-6-28(26)36-16-14-35(15-17-36)13-12-24-4-2-7-29-25(24)10-11-30-31(33-22-38(29)30)32(39)37-18-20-40-21-19-37/h2-9,22H,10-21H2,1H3. The topological polar surface area (TPSA) is 66.7 Å². The van der Waals surface area contributed by atoms with Crippen LogP contribution in [0.4, 0.5) is 5.69 Å². The normalized spacial score (nSPS) is 17.6. The second-order valence-corrected chi connectivity index (χ2v) is 11.1. The van der Waals surface area contributed by atoms with E-state index in [0.29, 0.717) is 32.0 Å². The van der Waals surface area contributed by atoms with E-state index in [2.05, 4.69) is 67.9 Å². The van der Waals surface area contributed by atoms with Gasteiger partial charge < -0.3 is 19.1 Å². The van der Waals surface area contributed by atoms with E-state index >= 15 is 0 Å². The minimum atomic E-state index is 0.0330. The van der Waals surface area contributed by atoms with Crippen molar-refractivity contribution in [3.8, 4) is 5.69 Å². The summed E-state index contributed by atoms with van der Waals surface area (Å²) in [6.45, 7) is 9.75. The van der Waals surface area contributed by atoms with Gasteiger partial charge in [0.25, 0.3) is 5.91 Å². The first kappa shape index (κ1) is 25.2. The van der Waals surface area contributed by atoms with Crippen molar-refractivity contribution in [2.45, 2.75) is 26.2 Å². The summed E-state index contributed by atoms with van der Waals surface area (Å²) in [6, 6.07) is 17.4. The van der Waals surface area contributed by atoms with Gasteiger partial charge in [0.05, 0.1) is 30.1 Å². The number of pyridine rings is 1. The molecule has 8 heteroatoms. The number of piperazine rings is 1. The Bertz CT molecular complexity index is 1550. The Balaban J connectivity index is 1.02. The number of hydrogen-bond acceptors (Lipinski definition) is 6. The zero-order chi connectivity index (χ0) is 27.1. The van der Waals surface area contributed by atoms with Crippen molar-refractivity contribution in [3.05, 3.63) is 83.1 Å². The summed E-state index contributed by atoms with van der Waals surface area (Å²) in [5.74, 6) is 0.0330. The van der Waals surface area contributed by atoms with E-state index < -0.39 is 0 Å². The Morgan fingerprint density at radius 3 is 2.55 bits per heavy atom. The van der Waals surface area contributed by atoms with Gasteiger partial charge in [-0.1, -0.05) is 18.2 Å². The van der Waals surface area contributed by atoms with E-state index in [1.165, 1.54) is 27.9 Å². The molecular formula is C32H36N6O2. The van der Waals surface area contributed by atoms with E-state index in [4.69, 9.17) is 9.72 Å². The van der Waals surface area contributed by atoms with Gasteiger partial charge in [-0.05, 0) is 67.6 Å². The first-order chi connectivity index (χ1) is 19.7. The van der Waals surface area contributed by atoms with Gasteiger partial charge in [0, 0.05) is 62.6 Å². The van der Waals surface area contributed by atoms with Gasteiger partial charge in [-0.15, -0.1) is 0 Å². The maximum absolute atomic E-state index is 13.2. The molecule has 3 aliphatic rings. The van der Waals surface area contributed by atoms with E-state index in [0.717, 1.165) is 68.9 Å². The lowest BCUT2D eigenvalue weighted by molar-refractivity contribution is 0.0298. The number of aromatic nitrogens is 3. The number of morpholine rings is 1. The van der Waals surface area contributed by atoms with Crippen LogP contribution < -0.4 is 4.90 Å². The lowest BCUT2D eigenvalue weighted by Crippen LogP contribution is -2.47. The van der Waals surface area contributed by atoms with Gasteiger partial charge in [-0.3, -0.25) is 14.7 Å². The largest absolute Gasteiger partial charge is 0.378 e. The molecule has 0 radical (unpaired) electrons. The highest BCUT2D eigenvalue weighted by Gasteiger charge is 2.28. The number of ether oxygens (including phenoxy) is 1. The lowest BCUT2D eigenvalue weighted by Gasteiger charge is -2.36. The number of benzene rings is 2. The molecule has 0 spiro atoms. The molecule has 2 saturated heterocycles. The molecule has 0 unspecified atom stereocenters. The zero-order valence-electron chi connectivity index (χ0n) is 23.2. The third-order valence-electron chi connectivity index (χ3n) is 8.75. The molecule has 206 valence electrons. The highest BCUT2D eigenvalue weighted by atomic mass is 16.5. The van der Waals surface area contributed by atoms with Crippen molar-refractivity contribution >= 4 is 22.5 Å². The van der Waals surface area contributed by atoms with E-state index in [9.17, 15) is 4.79 Å². The number of aryl methyl sites for hydroxylation is 1. The van der Waals surface area contributed by atoms with Gasteiger partial charge in [0.1, 0.15) is 12.0 Å². The molecule has 3 aliphatic heterocycles. The number of hydrogen-bond donors (Lipinski definition) is 0. The van der Waals surface area contributed by atoms with Gasteiger partial charge in [-0.2, -0.15) is 0 Å². The average molecular weight is 537 g/mol. The first-order valence-corrected chi connectivity index (χ1v) is 14.5. The second-order valence-electron chi connectivity index (χ2n) is 11.1. The fourth-order valence-electron chi connectivity index (χ4n) is 6.54. The molecule has 1 amide bonds. The number of anilines is 1. The maximum atomic E-state index is 13.2. The van der Waals surface area contributed by atoms with Crippen LogP contribution in [0.3, 0.4) is 0 Å². The maximum Gasteiger partial charge on any atom is 0.274 e. The molecule has 2 aromatic carbocycles. The van der Waals surface area contributed by atoms with Crippen LogP contribution in [0.25, 0.3) is 16.6 Å².